The summed E-state index contributed by atoms with van der Waals surface area (Å²) in [7, 11) is -2.02. The summed E-state index contributed by atoms with van der Waals surface area (Å²) in [4.78, 5) is 24.2. The van der Waals surface area contributed by atoms with Gasteiger partial charge in [-0.15, -0.1) is 0 Å². The van der Waals surface area contributed by atoms with Gasteiger partial charge in [0.1, 0.15) is 5.75 Å². The van der Waals surface area contributed by atoms with Crippen LogP contribution in [0.4, 0.5) is 5.69 Å². The van der Waals surface area contributed by atoms with Crippen LogP contribution in [0, 0.1) is 0 Å². The van der Waals surface area contributed by atoms with Gasteiger partial charge in [0.2, 0.25) is 10.0 Å². The number of ether oxygens (including phenoxy) is 2. The molecular weight excluding hydrogens is 422 g/mol. The number of morpholine rings is 1. The van der Waals surface area contributed by atoms with E-state index in [1.165, 1.54) is 11.4 Å². The first-order valence-corrected chi connectivity index (χ1v) is 11.2. The van der Waals surface area contributed by atoms with Crippen molar-refractivity contribution in [2.45, 2.75) is 11.3 Å². The Kier molecular flexibility index (Phi) is 7.61. The number of sulfonamides is 1. The highest BCUT2D eigenvalue weighted by atomic mass is 32.2. The van der Waals surface area contributed by atoms with Crippen molar-refractivity contribution in [3.8, 4) is 5.75 Å². The molecule has 0 bridgehead atoms. The van der Waals surface area contributed by atoms with E-state index in [-0.39, 0.29) is 11.4 Å². The summed E-state index contributed by atoms with van der Waals surface area (Å²) in [6.45, 7) is 1.70. The lowest BCUT2D eigenvalue weighted by atomic mass is 10.1. The molecule has 10 heteroatoms. The first kappa shape index (κ1) is 22.7. The fourth-order valence-corrected chi connectivity index (χ4v) is 4.46. The predicted molar refractivity (Wildman–Crippen MR) is 114 cm³/mol. The lowest BCUT2D eigenvalue weighted by Crippen LogP contribution is -2.40. The summed E-state index contributed by atoms with van der Waals surface area (Å²) < 4.78 is 36.9. The molecule has 1 saturated heterocycles. The van der Waals surface area contributed by atoms with E-state index in [0.717, 1.165) is 5.56 Å². The molecule has 1 fully saturated rings. The third-order valence-corrected chi connectivity index (χ3v) is 6.68. The van der Waals surface area contributed by atoms with Gasteiger partial charge in [0, 0.05) is 31.4 Å². The van der Waals surface area contributed by atoms with Crippen molar-refractivity contribution in [1.82, 2.24) is 9.62 Å². The second-order valence-electron chi connectivity index (χ2n) is 6.85. The highest BCUT2D eigenvalue weighted by Gasteiger charge is 2.26. The normalized spacial score (nSPS) is 14.6. The Morgan fingerprint density at radius 1 is 1.06 bits per heavy atom. The number of carbonyl (C=O) groups is 2. The predicted octanol–water partition coefficient (Wildman–Crippen LogP) is 1.01. The Morgan fingerprint density at radius 2 is 1.77 bits per heavy atom. The SMILES string of the molecule is COc1cccc(NC(=O)C(=O)NCCc2ccc(S(=O)(=O)N3CCOCC3)cc2)c1. The van der Waals surface area contributed by atoms with Crippen LogP contribution < -0.4 is 15.4 Å². The molecule has 31 heavy (non-hydrogen) atoms. The first-order valence-electron chi connectivity index (χ1n) is 9.80. The molecule has 1 aliphatic rings. The van der Waals surface area contributed by atoms with Crippen molar-refractivity contribution in [2.24, 2.45) is 0 Å². The average molecular weight is 448 g/mol. The van der Waals surface area contributed by atoms with Gasteiger partial charge in [-0.05, 0) is 36.2 Å². The number of methoxy groups -OCH3 is 1. The van der Waals surface area contributed by atoms with Crippen LogP contribution in [0.25, 0.3) is 0 Å². The second kappa shape index (κ2) is 10.4. The molecule has 3 rings (SSSR count). The Hall–Kier alpha value is -2.95. The maximum Gasteiger partial charge on any atom is 0.313 e. The summed E-state index contributed by atoms with van der Waals surface area (Å²) in [6.07, 6.45) is 0.454. The van der Waals surface area contributed by atoms with Crippen molar-refractivity contribution in [3.63, 3.8) is 0 Å². The van der Waals surface area contributed by atoms with Gasteiger partial charge in [-0.3, -0.25) is 9.59 Å². The maximum atomic E-state index is 12.6. The smallest absolute Gasteiger partial charge is 0.313 e. The zero-order valence-electron chi connectivity index (χ0n) is 17.2. The lowest BCUT2D eigenvalue weighted by Gasteiger charge is -2.26. The molecule has 0 atom stereocenters. The third-order valence-electron chi connectivity index (χ3n) is 4.76. The number of hydrogen-bond acceptors (Lipinski definition) is 6. The topological polar surface area (TPSA) is 114 Å². The quantitative estimate of drug-likeness (QED) is 0.613. The number of benzene rings is 2. The van der Waals surface area contributed by atoms with Gasteiger partial charge in [0.15, 0.2) is 0 Å². The van der Waals surface area contributed by atoms with Gasteiger partial charge in [0.05, 0.1) is 25.2 Å². The van der Waals surface area contributed by atoms with Crippen LogP contribution in [0.3, 0.4) is 0 Å². The number of nitrogens with zero attached hydrogens (tertiary/aromatic N) is 1. The van der Waals surface area contributed by atoms with Crippen molar-refractivity contribution >= 4 is 27.5 Å². The van der Waals surface area contributed by atoms with Crippen LogP contribution in [0.1, 0.15) is 5.56 Å². The van der Waals surface area contributed by atoms with Crippen LogP contribution >= 0.6 is 0 Å². The van der Waals surface area contributed by atoms with Crippen LogP contribution in [0.5, 0.6) is 5.75 Å². The average Bonchev–Trinajstić information content (AvgIpc) is 2.80. The van der Waals surface area contributed by atoms with E-state index in [2.05, 4.69) is 10.6 Å². The molecule has 2 amide bonds. The second-order valence-corrected chi connectivity index (χ2v) is 8.79. The lowest BCUT2D eigenvalue weighted by molar-refractivity contribution is -0.136. The van der Waals surface area contributed by atoms with Crippen molar-refractivity contribution in [3.05, 3.63) is 54.1 Å². The maximum absolute atomic E-state index is 12.6. The van der Waals surface area contributed by atoms with Crippen molar-refractivity contribution in [1.29, 1.82) is 0 Å². The Labute approximate surface area is 181 Å². The Morgan fingerprint density at radius 3 is 2.45 bits per heavy atom. The monoisotopic (exact) mass is 447 g/mol. The highest BCUT2D eigenvalue weighted by molar-refractivity contribution is 7.89. The number of rotatable bonds is 7. The summed E-state index contributed by atoms with van der Waals surface area (Å²) in [5.41, 5.74) is 1.30. The standard InChI is InChI=1S/C21H25N3O6S/c1-29-18-4-2-3-17(15-18)23-21(26)20(25)22-10-9-16-5-7-19(8-6-16)31(27,28)24-11-13-30-14-12-24/h2-8,15H,9-14H2,1H3,(H,22,25)(H,23,26). The molecule has 0 aliphatic carbocycles. The zero-order chi connectivity index (χ0) is 22.3. The van der Waals surface area contributed by atoms with Gasteiger partial charge in [-0.25, -0.2) is 8.42 Å². The van der Waals surface area contributed by atoms with Crippen molar-refractivity contribution < 1.29 is 27.5 Å². The summed E-state index contributed by atoms with van der Waals surface area (Å²) in [5.74, 6) is -0.966. The van der Waals surface area contributed by atoms with E-state index >= 15 is 0 Å². The van der Waals surface area contributed by atoms with E-state index in [1.807, 2.05) is 0 Å². The summed E-state index contributed by atoms with van der Waals surface area (Å²) in [5, 5.41) is 5.06. The molecular formula is C21H25N3O6S. The minimum absolute atomic E-state index is 0.222. The summed E-state index contributed by atoms with van der Waals surface area (Å²) >= 11 is 0. The van der Waals surface area contributed by atoms with Crippen LogP contribution in [0.2, 0.25) is 0 Å². The van der Waals surface area contributed by atoms with E-state index in [4.69, 9.17) is 9.47 Å². The Bertz CT molecular complexity index is 1020. The number of carbonyl (C=O) groups excluding carboxylic acids is 2. The molecule has 1 heterocycles. The van der Waals surface area contributed by atoms with E-state index in [0.29, 0.717) is 44.2 Å². The largest absolute Gasteiger partial charge is 0.497 e. The van der Waals surface area contributed by atoms with Crippen LogP contribution in [0.15, 0.2) is 53.4 Å². The number of anilines is 1. The molecule has 1 aliphatic heterocycles. The molecule has 0 unspecified atom stereocenters. The van der Waals surface area contributed by atoms with Gasteiger partial charge < -0.3 is 20.1 Å². The van der Waals surface area contributed by atoms with Gasteiger partial charge >= 0.3 is 11.8 Å². The van der Waals surface area contributed by atoms with E-state index in [1.54, 1.807) is 48.5 Å². The molecule has 2 N–H and O–H groups in total. The van der Waals surface area contributed by atoms with Gasteiger partial charge in [-0.2, -0.15) is 4.31 Å². The number of hydrogen-bond donors (Lipinski definition) is 2. The molecule has 2 aromatic carbocycles. The molecule has 9 nitrogen and oxygen atoms in total. The minimum atomic E-state index is -3.54. The minimum Gasteiger partial charge on any atom is -0.497 e. The van der Waals surface area contributed by atoms with E-state index < -0.39 is 21.8 Å². The molecule has 2 aromatic rings. The number of nitrogens with one attached hydrogen (secondary N) is 2. The molecule has 0 spiro atoms. The molecule has 0 radical (unpaired) electrons. The number of amides is 2. The third kappa shape index (κ3) is 6.03. The molecule has 0 aromatic heterocycles. The fourth-order valence-electron chi connectivity index (χ4n) is 3.05. The van der Waals surface area contributed by atoms with Crippen molar-refractivity contribution in [2.75, 3.05) is 45.3 Å². The van der Waals surface area contributed by atoms with Crippen LogP contribution in [-0.4, -0.2) is 64.5 Å². The Balaban J connectivity index is 1.48. The zero-order valence-corrected chi connectivity index (χ0v) is 18.0. The summed E-state index contributed by atoms with van der Waals surface area (Å²) in [6, 6.07) is 13.2. The first-order chi connectivity index (χ1) is 14.9. The van der Waals surface area contributed by atoms with Gasteiger partial charge in [0.25, 0.3) is 0 Å². The molecule has 166 valence electrons. The van der Waals surface area contributed by atoms with E-state index in [9.17, 15) is 18.0 Å². The molecule has 0 saturated carbocycles. The van der Waals surface area contributed by atoms with Crippen LogP contribution in [-0.2, 0) is 30.8 Å². The highest BCUT2D eigenvalue weighted by Crippen LogP contribution is 2.18. The fraction of sp³-hybridized carbons (Fsp3) is 0.333. The van der Waals surface area contributed by atoms with Gasteiger partial charge in [-0.1, -0.05) is 18.2 Å².